The van der Waals surface area contributed by atoms with Gasteiger partial charge < -0.3 is 10.1 Å². The number of hydrogen-bond donors (Lipinski definition) is 1. The number of fused-ring (bicyclic) bond motifs is 5. The molecule has 152 valence electrons. The van der Waals surface area contributed by atoms with Gasteiger partial charge in [-0.3, -0.25) is 19.3 Å². The second-order valence-electron chi connectivity index (χ2n) is 8.03. The van der Waals surface area contributed by atoms with Crippen LogP contribution in [0.25, 0.3) is 0 Å². The maximum absolute atomic E-state index is 12.8. The molecular formula is C22H24N2O5. The van der Waals surface area contributed by atoms with Crippen LogP contribution in [0, 0.1) is 23.7 Å². The Labute approximate surface area is 169 Å². The lowest BCUT2D eigenvalue weighted by atomic mass is 9.85. The number of rotatable bonds is 6. The van der Waals surface area contributed by atoms with Gasteiger partial charge in [-0.25, -0.2) is 4.79 Å². The van der Waals surface area contributed by atoms with Crippen molar-refractivity contribution in [2.24, 2.45) is 23.7 Å². The smallest absolute Gasteiger partial charge is 0.329 e. The molecule has 2 fully saturated rings. The highest BCUT2D eigenvalue weighted by molar-refractivity contribution is 6.08. The molecule has 6 atom stereocenters. The molecule has 1 aromatic rings. The lowest BCUT2D eigenvalue weighted by molar-refractivity contribution is -0.160. The zero-order chi connectivity index (χ0) is 20.7. The van der Waals surface area contributed by atoms with Crippen LogP contribution in [0.3, 0.4) is 0 Å². The van der Waals surface area contributed by atoms with Crippen LogP contribution >= 0.6 is 0 Å². The highest BCUT2D eigenvalue weighted by Gasteiger charge is 2.60. The molecule has 0 radical (unpaired) electrons. The van der Waals surface area contributed by atoms with Crippen LogP contribution < -0.4 is 5.32 Å². The quantitative estimate of drug-likeness (QED) is 0.448. The predicted molar refractivity (Wildman–Crippen MR) is 103 cm³/mol. The highest BCUT2D eigenvalue weighted by Crippen LogP contribution is 2.52. The number of carbonyl (C=O) groups excluding carboxylic acids is 4. The average molecular weight is 396 g/mol. The Bertz CT molecular complexity index is 850. The molecule has 1 heterocycles. The first kappa shape index (κ1) is 19.4. The van der Waals surface area contributed by atoms with Gasteiger partial charge in [0.15, 0.2) is 6.61 Å². The Morgan fingerprint density at radius 1 is 1.07 bits per heavy atom. The summed E-state index contributed by atoms with van der Waals surface area (Å²) in [6.07, 6.45) is 4.84. The molecule has 1 aromatic carbocycles. The predicted octanol–water partition coefficient (Wildman–Crippen LogP) is 1.60. The van der Waals surface area contributed by atoms with Crippen LogP contribution in [0.4, 0.5) is 0 Å². The molecule has 0 spiro atoms. The second kappa shape index (κ2) is 7.46. The largest absolute Gasteiger partial charge is 0.454 e. The van der Waals surface area contributed by atoms with Crippen LogP contribution in [-0.2, 0) is 23.9 Å². The zero-order valence-corrected chi connectivity index (χ0v) is 16.4. The number of hydrogen-bond acceptors (Lipinski definition) is 5. The molecule has 29 heavy (non-hydrogen) atoms. The van der Waals surface area contributed by atoms with E-state index in [1.807, 2.05) is 49.4 Å². The molecule has 7 heteroatoms. The molecule has 2 bridgehead atoms. The van der Waals surface area contributed by atoms with E-state index in [9.17, 15) is 19.2 Å². The van der Waals surface area contributed by atoms with Crippen molar-refractivity contribution in [1.82, 2.24) is 10.2 Å². The van der Waals surface area contributed by atoms with Crippen molar-refractivity contribution < 1.29 is 23.9 Å². The van der Waals surface area contributed by atoms with E-state index in [4.69, 9.17) is 4.74 Å². The summed E-state index contributed by atoms with van der Waals surface area (Å²) in [5, 5.41) is 2.76. The van der Waals surface area contributed by atoms with E-state index in [0.29, 0.717) is 0 Å². The first-order valence-corrected chi connectivity index (χ1v) is 9.94. The third kappa shape index (κ3) is 3.34. The first-order valence-electron chi connectivity index (χ1n) is 9.94. The summed E-state index contributed by atoms with van der Waals surface area (Å²) < 4.78 is 5.09. The van der Waals surface area contributed by atoms with Crippen molar-refractivity contribution in [1.29, 1.82) is 0 Å². The minimum atomic E-state index is -1.04. The summed E-state index contributed by atoms with van der Waals surface area (Å²) in [5.74, 6) is -2.35. The number of carbonyl (C=O) groups is 4. The molecule has 1 saturated carbocycles. The molecule has 3 aliphatic rings. The van der Waals surface area contributed by atoms with Crippen molar-refractivity contribution in [2.45, 2.75) is 32.4 Å². The molecule has 1 saturated heterocycles. The van der Waals surface area contributed by atoms with Gasteiger partial charge in [-0.15, -0.1) is 0 Å². The van der Waals surface area contributed by atoms with Gasteiger partial charge in [-0.05, 0) is 37.7 Å². The second-order valence-corrected chi connectivity index (χ2v) is 8.03. The molecular weight excluding hydrogens is 372 g/mol. The van der Waals surface area contributed by atoms with Crippen LogP contribution in [0.2, 0.25) is 0 Å². The van der Waals surface area contributed by atoms with E-state index in [1.165, 1.54) is 6.92 Å². The van der Waals surface area contributed by atoms with Gasteiger partial charge in [0.1, 0.15) is 6.04 Å². The third-order valence-electron chi connectivity index (χ3n) is 6.26. The number of allylic oxidation sites excluding steroid dienone is 2. The average Bonchev–Trinajstić information content (AvgIpc) is 3.40. The Morgan fingerprint density at radius 2 is 1.66 bits per heavy atom. The summed E-state index contributed by atoms with van der Waals surface area (Å²) in [7, 11) is 0. The SMILES string of the molecule is C[C@H](NC(=O)COC(=O)[C@H](C)N1C(=O)[C@@H]2[C@H](C1=O)[C@H]1C=C[C@H]2C1)c1ccccc1. The standard InChI is InChI=1S/C22H24N2O5/c1-12(14-6-4-3-5-7-14)23-17(25)11-29-22(28)13(2)24-20(26)18-15-8-9-16(10-15)19(18)21(24)27/h3-9,12-13,15-16,18-19H,10-11H2,1-2H3,(H,23,25)/t12-,13-,15-,16-,18-,19+/m0/s1. The number of likely N-dealkylation sites (tertiary alicyclic amines) is 1. The summed E-state index contributed by atoms with van der Waals surface area (Å²) >= 11 is 0. The highest BCUT2D eigenvalue weighted by atomic mass is 16.5. The van der Waals surface area contributed by atoms with E-state index in [1.54, 1.807) is 0 Å². The van der Waals surface area contributed by atoms with Crippen LogP contribution in [-0.4, -0.2) is 41.2 Å². The van der Waals surface area contributed by atoms with E-state index >= 15 is 0 Å². The number of benzene rings is 1. The minimum Gasteiger partial charge on any atom is -0.454 e. The number of nitrogens with zero attached hydrogens (tertiary/aromatic N) is 1. The molecule has 0 unspecified atom stereocenters. The lowest BCUT2D eigenvalue weighted by Crippen LogP contribution is -2.46. The topological polar surface area (TPSA) is 92.8 Å². The summed E-state index contributed by atoms with van der Waals surface area (Å²) in [5.41, 5.74) is 0.934. The number of ether oxygens (including phenoxy) is 1. The van der Waals surface area contributed by atoms with Gasteiger partial charge in [-0.2, -0.15) is 0 Å². The van der Waals surface area contributed by atoms with E-state index in [2.05, 4.69) is 5.32 Å². The van der Waals surface area contributed by atoms with Crippen molar-refractivity contribution in [3.05, 3.63) is 48.0 Å². The summed E-state index contributed by atoms with van der Waals surface area (Å²) in [4.78, 5) is 51.1. The van der Waals surface area contributed by atoms with Gasteiger partial charge in [-0.1, -0.05) is 42.5 Å². The Balaban J connectivity index is 1.31. The number of amides is 3. The summed E-state index contributed by atoms with van der Waals surface area (Å²) in [6, 6.07) is 8.15. The fraction of sp³-hybridized carbons (Fsp3) is 0.455. The molecule has 7 nitrogen and oxygen atoms in total. The van der Waals surface area contributed by atoms with E-state index in [-0.39, 0.29) is 41.5 Å². The molecule has 0 aromatic heterocycles. The van der Waals surface area contributed by atoms with Gasteiger partial charge in [0.25, 0.3) is 5.91 Å². The van der Waals surface area contributed by atoms with E-state index in [0.717, 1.165) is 16.9 Å². The Kier molecular flexibility index (Phi) is 4.98. The normalized spacial score (nSPS) is 29.0. The lowest BCUT2D eigenvalue weighted by Gasteiger charge is -2.23. The van der Waals surface area contributed by atoms with Crippen molar-refractivity contribution >= 4 is 23.7 Å². The Hall–Kier alpha value is -2.96. The minimum absolute atomic E-state index is 0.0833. The van der Waals surface area contributed by atoms with Crippen LogP contribution in [0.15, 0.2) is 42.5 Å². The summed E-state index contributed by atoms with van der Waals surface area (Å²) in [6.45, 7) is 2.84. The van der Waals surface area contributed by atoms with Gasteiger partial charge >= 0.3 is 5.97 Å². The first-order chi connectivity index (χ1) is 13.9. The van der Waals surface area contributed by atoms with Gasteiger partial charge in [0.2, 0.25) is 11.8 Å². The molecule has 4 rings (SSSR count). The van der Waals surface area contributed by atoms with Crippen molar-refractivity contribution in [3.8, 4) is 0 Å². The monoisotopic (exact) mass is 396 g/mol. The van der Waals surface area contributed by atoms with Crippen LogP contribution in [0.1, 0.15) is 31.9 Å². The molecule has 3 amide bonds. The van der Waals surface area contributed by atoms with Gasteiger partial charge in [0.05, 0.1) is 17.9 Å². The fourth-order valence-electron chi connectivity index (χ4n) is 4.78. The number of imide groups is 1. The number of nitrogens with one attached hydrogen (secondary N) is 1. The molecule has 2 aliphatic carbocycles. The van der Waals surface area contributed by atoms with Crippen LogP contribution in [0.5, 0.6) is 0 Å². The van der Waals surface area contributed by atoms with Gasteiger partial charge in [0, 0.05) is 0 Å². The van der Waals surface area contributed by atoms with Crippen molar-refractivity contribution in [3.63, 3.8) is 0 Å². The third-order valence-corrected chi connectivity index (χ3v) is 6.26. The maximum Gasteiger partial charge on any atom is 0.329 e. The molecule has 1 N–H and O–H groups in total. The number of esters is 1. The molecule has 1 aliphatic heterocycles. The van der Waals surface area contributed by atoms with Crippen molar-refractivity contribution in [2.75, 3.05) is 6.61 Å². The fourth-order valence-corrected chi connectivity index (χ4v) is 4.78. The van der Waals surface area contributed by atoms with E-state index < -0.39 is 24.5 Å². The maximum atomic E-state index is 12.8. The Morgan fingerprint density at radius 3 is 2.24 bits per heavy atom. The zero-order valence-electron chi connectivity index (χ0n) is 16.4.